The fourth-order valence-electron chi connectivity index (χ4n) is 2.58. The Kier molecular flexibility index (Phi) is 3.79. The standard InChI is InChI=1S/C13H20N4O2/c1-18-12-10-4-5-14-8-11(10)16-13(17-12)15-7-9-3-2-6-19-9/h9,14H,2-8H2,1H3,(H,15,16,17). The minimum Gasteiger partial charge on any atom is -0.481 e. The molecule has 1 fully saturated rings. The third-order valence-corrected chi connectivity index (χ3v) is 3.60. The van der Waals surface area contributed by atoms with Crippen molar-refractivity contribution in [2.75, 3.05) is 32.1 Å². The number of hydrogen-bond donors (Lipinski definition) is 2. The Morgan fingerprint density at radius 1 is 1.47 bits per heavy atom. The van der Waals surface area contributed by atoms with Crippen LogP contribution in [0.25, 0.3) is 0 Å². The fraction of sp³-hybridized carbons (Fsp3) is 0.692. The van der Waals surface area contributed by atoms with Gasteiger partial charge in [-0.05, 0) is 25.8 Å². The van der Waals surface area contributed by atoms with Crippen LogP contribution in [-0.2, 0) is 17.7 Å². The second-order valence-corrected chi connectivity index (χ2v) is 4.92. The molecule has 3 heterocycles. The van der Waals surface area contributed by atoms with E-state index in [9.17, 15) is 0 Å². The van der Waals surface area contributed by atoms with E-state index in [1.165, 1.54) is 0 Å². The molecule has 1 aromatic heterocycles. The van der Waals surface area contributed by atoms with Crippen LogP contribution in [0.4, 0.5) is 5.95 Å². The van der Waals surface area contributed by atoms with E-state index in [2.05, 4.69) is 20.6 Å². The normalized spacial score (nSPS) is 22.1. The topological polar surface area (TPSA) is 68.3 Å². The van der Waals surface area contributed by atoms with Gasteiger partial charge in [-0.1, -0.05) is 0 Å². The van der Waals surface area contributed by atoms with Gasteiger partial charge >= 0.3 is 0 Å². The maximum Gasteiger partial charge on any atom is 0.226 e. The molecule has 1 aromatic rings. The number of rotatable bonds is 4. The van der Waals surface area contributed by atoms with E-state index in [-0.39, 0.29) is 6.10 Å². The summed E-state index contributed by atoms with van der Waals surface area (Å²) < 4.78 is 11.0. The molecule has 3 rings (SSSR count). The first-order valence-electron chi connectivity index (χ1n) is 6.87. The Balaban J connectivity index is 1.73. The van der Waals surface area contributed by atoms with Crippen molar-refractivity contribution in [3.63, 3.8) is 0 Å². The molecule has 19 heavy (non-hydrogen) atoms. The van der Waals surface area contributed by atoms with Gasteiger partial charge in [0.2, 0.25) is 11.8 Å². The van der Waals surface area contributed by atoms with Crippen molar-refractivity contribution in [2.45, 2.75) is 31.9 Å². The Labute approximate surface area is 112 Å². The zero-order chi connectivity index (χ0) is 13.1. The predicted molar refractivity (Wildman–Crippen MR) is 71.5 cm³/mol. The summed E-state index contributed by atoms with van der Waals surface area (Å²) in [5.74, 6) is 1.33. The molecule has 0 radical (unpaired) electrons. The molecule has 0 spiro atoms. The lowest BCUT2D eigenvalue weighted by Gasteiger charge is -2.19. The van der Waals surface area contributed by atoms with Gasteiger partial charge in [-0.3, -0.25) is 0 Å². The van der Waals surface area contributed by atoms with E-state index in [1.807, 2.05) is 0 Å². The molecule has 0 amide bonds. The Hall–Kier alpha value is -1.40. The van der Waals surface area contributed by atoms with E-state index in [0.717, 1.165) is 56.8 Å². The summed E-state index contributed by atoms with van der Waals surface area (Å²) >= 11 is 0. The molecule has 2 aliphatic rings. The summed E-state index contributed by atoms with van der Waals surface area (Å²) in [6.45, 7) is 3.36. The second-order valence-electron chi connectivity index (χ2n) is 4.92. The number of anilines is 1. The van der Waals surface area contributed by atoms with Crippen molar-refractivity contribution in [1.82, 2.24) is 15.3 Å². The van der Waals surface area contributed by atoms with Crippen LogP contribution in [0.1, 0.15) is 24.1 Å². The molecule has 0 bridgehead atoms. The van der Waals surface area contributed by atoms with Crippen LogP contribution in [0.3, 0.4) is 0 Å². The van der Waals surface area contributed by atoms with E-state index in [4.69, 9.17) is 9.47 Å². The van der Waals surface area contributed by atoms with Gasteiger partial charge in [0.1, 0.15) is 0 Å². The van der Waals surface area contributed by atoms with E-state index in [1.54, 1.807) is 7.11 Å². The van der Waals surface area contributed by atoms with Gasteiger partial charge in [-0.25, -0.2) is 4.98 Å². The van der Waals surface area contributed by atoms with Gasteiger partial charge in [0, 0.05) is 25.3 Å². The van der Waals surface area contributed by atoms with Crippen LogP contribution in [0, 0.1) is 0 Å². The second kappa shape index (κ2) is 5.71. The maximum atomic E-state index is 5.58. The van der Waals surface area contributed by atoms with E-state index >= 15 is 0 Å². The summed E-state index contributed by atoms with van der Waals surface area (Å²) in [7, 11) is 1.66. The average Bonchev–Trinajstić information content (AvgIpc) is 2.97. The Morgan fingerprint density at radius 3 is 3.21 bits per heavy atom. The Bertz CT molecular complexity index is 429. The first-order chi connectivity index (χ1) is 9.36. The first kappa shape index (κ1) is 12.6. The quantitative estimate of drug-likeness (QED) is 0.835. The lowest BCUT2D eigenvalue weighted by Crippen LogP contribution is -2.27. The fourth-order valence-corrected chi connectivity index (χ4v) is 2.58. The molecule has 104 valence electrons. The molecule has 2 aliphatic heterocycles. The van der Waals surface area contributed by atoms with Crippen molar-refractivity contribution in [3.05, 3.63) is 11.3 Å². The van der Waals surface area contributed by atoms with E-state index < -0.39 is 0 Å². The summed E-state index contributed by atoms with van der Waals surface area (Å²) in [6, 6.07) is 0. The van der Waals surface area contributed by atoms with Crippen molar-refractivity contribution >= 4 is 5.95 Å². The molecule has 6 nitrogen and oxygen atoms in total. The molecular weight excluding hydrogens is 244 g/mol. The summed E-state index contributed by atoms with van der Waals surface area (Å²) in [5, 5.41) is 6.57. The van der Waals surface area contributed by atoms with Crippen LogP contribution < -0.4 is 15.4 Å². The smallest absolute Gasteiger partial charge is 0.226 e. The SMILES string of the molecule is COc1nc(NCC2CCCO2)nc2c1CCNC2. The molecule has 2 N–H and O–H groups in total. The molecule has 1 unspecified atom stereocenters. The van der Waals surface area contributed by atoms with Gasteiger partial charge in [0.25, 0.3) is 0 Å². The van der Waals surface area contributed by atoms with Gasteiger partial charge < -0.3 is 20.1 Å². The average molecular weight is 264 g/mol. The molecule has 0 aromatic carbocycles. The van der Waals surface area contributed by atoms with E-state index in [0.29, 0.717) is 11.8 Å². The highest BCUT2D eigenvalue weighted by Gasteiger charge is 2.19. The first-order valence-corrected chi connectivity index (χ1v) is 6.87. The number of nitrogens with one attached hydrogen (secondary N) is 2. The van der Waals surface area contributed by atoms with Gasteiger partial charge in [-0.2, -0.15) is 4.98 Å². The molecule has 1 atom stereocenters. The van der Waals surface area contributed by atoms with Crippen LogP contribution in [0.15, 0.2) is 0 Å². The van der Waals surface area contributed by atoms with Crippen molar-refractivity contribution in [3.8, 4) is 5.88 Å². The predicted octanol–water partition coefficient (Wildman–Crippen LogP) is 0.722. The third-order valence-electron chi connectivity index (χ3n) is 3.60. The zero-order valence-electron chi connectivity index (χ0n) is 11.2. The lowest BCUT2D eigenvalue weighted by molar-refractivity contribution is 0.120. The van der Waals surface area contributed by atoms with Gasteiger partial charge in [0.05, 0.1) is 18.9 Å². The number of methoxy groups -OCH3 is 1. The molecular formula is C13H20N4O2. The lowest BCUT2D eigenvalue weighted by atomic mass is 10.1. The summed E-state index contributed by atoms with van der Waals surface area (Å²) in [4.78, 5) is 9.00. The highest BCUT2D eigenvalue weighted by Crippen LogP contribution is 2.23. The summed E-state index contributed by atoms with van der Waals surface area (Å²) in [5.41, 5.74) is 2.16. The van der Waals surface area contributed by atoms with Crippen molar-refractivity contribution in [2.24, 2.45) is 0 Å². The number of nitrogens with zero attached hydrogens (tertiary/aromatic N) is 2. The molecule has 6 heteroatoms. The molecule has 1 saturated heterocycles. The molecule has 0 aliphatic carbocycles. The van der Waals surface area contributed by atoms with Crippen LogP contribution in [0.5, 0.6) is 5.88 Å². The highest BCUT2D eigenvalue weighted by atomic mass is 16.5. The minimum atomic E-state index is 0.281. The van der Waals surface area contributed by atoms with Crippen LogP contribution in [-0.4, -0.2) is 42.9 Å². The van der Waals surface area contributed by atoms with Crippen molar-refractivity contribution < 1.29 is 9.47 Å². The van der Waals surface area contributed by atoms with Gasteiger partial charge in [-0.15, -0.1) is 0 Å². The number of hydrogen-bond acceptors (Lipinski definition) is 6. The van der Waals surface area contributed by atoms with Crippen molar-refractivity contribution in [1.29, 1.82) is 0 Å². The number of fused-ring (bicyclic) bond motifs is 1. The Morgan fingerprint density at radius 2 is 2.42 bits per heavy atom. The minimum absolute atomic E-state index is 0.281. The largest absolute Gasteiger partial charge is 0.481 e. The highest BCUT2D eigenvalue weighted by molar-refractivity contribution is 5.39. The molecule has 0 saturated carbocycles. The van der Waals surface area contributed by atoms with Crippen LogP contribution >= 0.6 is 0 Å². The van der Waals surface area contributed by atoms with Gasteiger partial charge in [0.15, 0.2) is 0 Å². The maximum absolute atomic E-state index is 5.58. The third kappa shape index (κ3) is 2.79. The number of ether oxygens (including phenoxy) is 2. The van der Waals surface area contributed by atoms with Crippen LogP contribution in [0.2, 0.25) is 0 Å². The number of aromatic nitrogens is 2. The zero-order valence-corrected chi connectivity index (χ0v) is 11.2. The monoisotopic (exact) mass is 264 g/mol. The summed E-state index contributed by atoms with van der Waals surface area (Å²) in [6.07, 6.45) is 3.45.